The minimum Gasteiger partial charge on any atom is -0.286 e. The SMILES string of the molecule is CN(C)N1Cc2ccccc2C1=N. The molecule has 0 fully saturated rings. The van der Waals surface area contributed by atoms with Gasteiger partial charge >= 0.3 is 0 Å². The van der Waals surface area contributed by atoms with Crippen LogP contribution in [0.1, 0.15) is 11.1 Å². The predicted octanol–water partition coefficient (Wildman–Crippen LogP) is 1.30. The zero-order valence-electron chi connectivity index (χ0n) is 7.91. The Morgan fingerprint density at radius 2 is 2.00 bits per heavy atom. The molecular formula is C10H13N3. The van der Waals surface area contributed by atoms with Crippen LogP contribution in [0.5, 0.6) is 0 Å². The molecule has 0 saturated carbocycles. The van der Waals surface area contributed by atoms with Crippen LogP contribution in [-0.2, 0) is 6.54 Å². The van der Waals surface area contributed by atoms with Gasteiger partial charge in [-0.25, -0.2) is 5.01 Å². The number of amidine groups is 1. The van der Waals surface area contributed by atoms with Gasteiger partial charge in [0.25, 0.3) is 0 Å². The maximum atomic E-state index is 7.90. The third-order valence-corrected chi connectivity index (χ3v) is 2.33. The van der Waals surface area contributed by atoms with Crippen LogP contribution in [0.15, 0.2) is 24.3 Å². The van der Waals surface area contributed by atoms with Crippen molar-refractivity contribution in [1.82, 2.24) is 10.0 Å². The molecule has 1 aliphatic rings. The number of fused-ring (bicyclic) bond motifs is 1. The molecule has 1 aliphatic heterocycles. The van der Waals surface area contributed by atoms with Crippen molar-refractivity contribution in [2.24, 2.45) is 0 Å². The van der Waals surface area contributed by atoms with E-state index in [9.17, 15) is 0 Å². The quantitative estimate of drug-likeness (QED) is 0.697. The highest BCUT2D eigenvalue weighted by molar-refractivity contribution is 5.99. The summed E-state index contributed by atoms with van der Waals surface area (Å²) < 4.78 is 0. The normalized spacial score (nSPS) is 15.3. The van der Waals surface area contributed by atoms with Crippen LogP contribution in [0.4, 0.5) is 0 Å². The molecule has 1 heterocycles. The van der Waals surface area contributed by atoms with E-state index >= 15 is 0 Å². The first-order chi connectivity index (χ1) is 6.20. The summed E-state index contributed by atoms with van der Waals surface area (Å²) in [5.41, 5.74) is 2.29. The monoisotopic (exact) mass is 175 g/mol. The predicted molar refractivity (Wildman–Crippen MR) is 52.5 cm³/mol. The van der Waals surface area contributed by atoms with Crippen LogP contribution < -0.4 is 0 Å². The van der Waals surface area contributed by atoms with Gasteiger partial charge in [0.15, 0.2) is 0 Å². The molecule has 1 aromatic rings. The van der Waals surface area contributed by atoms with Crippen molar-refractivity contribution in [2.45, 2.75) is 6.54 Å². The third kappa shape index (κ3) is 1.21. The van der Waals surface area contributed by atoms with Gasteiger partial charge in [-0.15, -0.1) is 0 Å². The summed E-state index contributed by atoms with van der Waals surface area (Å²) in [6.07, 6.45) is 0. The van der Waals surface area contributed by atoms with Crippen LogP contribution in [0.3, 0.4) is 0 Å². The Labute approximate surface area is 78.1 Å². The van der Waals surface area contributed by atoms with Gasteiger partial charge in [-0.3, -0.25) is 10.4 Å². The maximum absolute atomic E-state index is 7.90. The van der Waals surface area contributed by atoms with Gasteiger partial charge in [-0.1, -0.05) is 24.3 Å². The molecule has 0 spiro atoms. The fourth-order valence-electron chi connectivity index (χ4n) is 1.61. The van der Waals surface area contributed by atoms with Crippen molar-refractivity contribution in [3.63, 3.8) is 0 Å². The molecule has 68 valence electrons. The molecule has 13 heavy (non-hydrogen) atoms. The molecule has 0 aliphatic carbocycles. The van der Waals surface area contributed by atoms with Crippen LogP contribution in [-0.4, -0.2) is 29.9 Å². The van der Waals surface area contributed by atoms with E-state index in [0.29, 0.717) is 5.84 Å². The summed E-state index contributed by atoms with van der Waals surface area (Å²) in [6, 6.07) is 8.08. The van der Waals surface area contributed by atoms with Gasteiger partial charge in [-0.2, -0.15) is 0 Å². The molecule has 0 saturated heterocycles. The van der Waals surface area contributed by atoms with Crippen molar-refractivity contribution < 1.29 is 0 Å². The maximum Gasteiger partial charge on any atom is 0.143 e. The number of hydrazine groups is 1. The third-order valence-electron chi connectivity index (χ3n) is 2.33. The van der Waals surface area contributed by atoms with Crippen molar-refractivity contribution >= 4 is 5.84 Å². The van der Waals surface area contributed by atoms with Crippen molar-refractivity contribution in [3.8, 4) is 0 Å². The fraction of sp³-hybridized carbons (Fsp3) is 0.300. The summed E-state index contributed by atoms with van der Waals surface area (Å²) in [7, 11) is 3.92. The second-order valence-corrected chi connectivity index (χ2v) is 3.41. The smallest absolute Gasteiger partial charge is 0.143 e. The van der Waals surface area contributed by atoms with Crippen LogP contribution in [0, 0.1) is 5.41 Å². The van der Waals surface area contributed by atoms with Gasteiger partial charge in [0.05, 0.1) is 6.54 Å². The molecule has 0 amide bonds. The lowest BCUT2D eigenvalue weighted by molar-refractivity contribution is 0.109. The lowest BCUT2D eigenvalue weighted by atomic mass is 10.1. The number of benzene rings is 1. The van der Waals surface area contributed by atoms with E-state index < -0.39 is 0 Å². The molecule has 0 radical (unpaired) electrons. The lowest BCUT2D eigenvalue weighted by Gasteiger charge is -2.25. The van der Waals surface area contributed by atoms with E-state index in [1.54, 1.807) is 0 Å². The highest BCUT2D eigenvalue weighted by Gasteiger charge is 2.24. The largest absolute Gasteiger partial charge is 0.286 e. The molecule has 3 nitrogen and oxygen atoms in total. The van der Waals surface area contributed by atoms with E-state index in [0.717, 1.165) is 12.1 Å². The van der Waals surface area contributed by atoms with E-state index in [1.165, 1.54) is 5.56 Å². The van der Waals surface area contributed by atoms with E-state index in [2.05, 4.69) is 6.07 Å². The van der Waals surface area contributed by atoms with Gasteiger partial charge in [0, 0.05) is 19.7 Å². The first-order valence-corrected chi connectivity index (χ1v) is 4.32. The average molecular weight is 175 g/mol. The Kier molecular flexibility index (Phi) is 1.81. The molecule has 3 heteroatoms. The minimum atomic E-state index is 0.598. The molecule has 0 bridgehead atoms. The topological polar surface area (TPSA) is 30.3 Å². The fourth-order valence-corrected chi connectivity index (χ4v) is 1.61. The Bertz CT molecular complexity index is 344. The lowest BCUT2D eigenvalue weighted by Crippen LogP contribution is -2.36. The standard InChI is InChI=1S/C10H13N3/c1-12(2)13-7-8-5-3-4-6-9(8)10(13)11/h3-6,11H,7H2,1-2H3. The number of nitrogens with one attached hydrogen (secondary N) is 1. The number of hydrogen-bond acceptors (Lipinski definition) is 2. The summed E-state index contributed by atoms with van der Waals surface area (Å²) in [5, 5.41) is 11.8. The Balaban J connectivity index is 2.38. The molecule has 0 unspecified atom stereocenters. The molecule has 2 rings (SSSR count). The number of nitrogens with zero attached hydrogens (tertiary/aromatic N) is 2. The van der Waals surface area contributed by atoms with Crippen molar-refractivity contribution in [2.75, 3.05) is 14.1 Å². The highest BCUT2D eigenvalue weighted by atomic mass is 15.6. The van der Waals surface area contributed by atoms with Gasteiger partial charge in [-0.05, 0) is 5.56 Å². The Morgan fingerprint density at radius 1 is 1.31 bits per heavy atom. The van der Waals surface area contributed by atoms with Crippen molar-refractivity contribution in [1.29, 1.82) is 5.41 Å². The summed E-state index contributed by atoms with van der Waals surface area (Å²) in [6.45, 7) is 0.821. The molecular weight excluding hydrogens is 162 g/mol. The summed E-state index contributed by atoms with van der Waals surface area (Å²) in [4.78, 5) is 0. The zero-order chi connectivity index (χ0) is 9.42. The minimum absolute atomic E-state index is 0.598. The molecule has 1 N–H and O–H groups in total. The second kappa shape index (κ2) is 2.85. The van der Waals surface area contributed by atoms with Gasteiger partial charge in [0.2, 0.25) is 0 Å². The Morgan fingerprint density at radius 3 is 2.62 bits per heavy atom. The van der Waals surface area contributed by atoms with E-state index in [-0.39, 0.29) is 0 Å². The average Bonchev–Trinajstić information content (AvgIpc) is 2.45. The molecule has 0 aromatic heterocycles. The summed E-state index contributed by atoms with van der Waals surface area (Å²) >= 11 is 0. The first-order valence-electron chi connectivity index (χ1n) is 4.32. The van der Waals surface area contributed by atoms with Crippen LogP contribution in [0.2, 0.25) is 0 Å². The van der Waals surface area contributed by atoms with Crippen LogP contribution in [0.25, 0.3) is 0 Å². The first kappa shape index (κ1) is 8.26. The van der Waals surface area contributed by atoms with Crippen molar-refractivity contribution in [3.05, 3.63) is 35.4 Å². The number of rotatable bonds is 1. The summed E-state index contributed by atoms with van der Waals surface area (Å²) in [5.74, 6) is 0.598. The molecule has 1 aromatic carbocycles. The molecule has 0 atom stereocenters. The van der Waals surface area contributed by atoms with Gasteiger partial charge < -0.3 is 0 Å². The Hall–Kier alpha value is -1.35. The second-order valence-electron chi connectivity index (χ2n) is 3.41. The van der Waals surface area contributed by atoms with Gasteiger partial charge in [0.1, 0.15) is 5.84 Å². The highest BCUT2D eigenvalue weighted by Crippen LogP contribution is 2.22. The van der Waals surface area contributed by atoms with E-state index in [1.807, 2.05) is 42.3 Å². The zero-order valence-corrected chi connectivity index (χ0v) is 7.91. The van der Waals surface area contributed by atoms with Crippen LogP contribution >= 0.6 is 0 Å². The number of hydrogen-bond donors (Lipinski definition) is 1. The van der Waals surface area contributed by atoms with E-state index in [4.69, 9.17) is 5.41 Å².